The summed E-state index contributed by atoms with van der Waals surface area (Å²) in [6.07, 6.45) is 0.855. The largest absolute Gasteiger partial charge is 0.342 e. The van der Waals surface area contributed by atoms with Gasteiger partial charge in [0.25, 0.3) is 0 Å². The molecule has 0 spiro atoms. The molecule has 0 bridgehead atoms. The summed E-state index contributed by atoms with van der Waals surface area (Å²) in [6.45, 7) is 6.00. The van der Waals surface area contributed by atoms with Gasteiger partial charge in [0.15, 0.2) is 0 Å². The number of hydrogen-bond acceptors (Lipinski definition) is 2. The van der Waals surface area contributed by atoms with Crippen molar-refractivity contribution >= 4 is 28.1 Å². The molecule has 2 nitrogen and oxygen atoms in total. The summed E-state index contributed by atoms with van der Waals surface area (Å²) in [5.41, 5.74) is 2.32. The van der Waals surface area contributed by atoms with Crippen LogP contribution in [0, 0.1) is 23.3 Å². The molecule has 0 aliphatic rings. The highest BCUT2D eigenvalue weighted by Crippen LogP contribution is 2.24. The Labute approximate surface area is 131 Å². The molecule has 0 aliphatic heterocycles. The summed E-state index contributed by atoms with van der Waals surface area (Å²) < 4.78 is 15.0. The van der Waals surface area contributed by atoms with Crippen molar-refractivity contribution in [3.63, 3.8) is 0 Å². The smallest absolute Gasteiger partial charge is 0.144 e. The van der Waals surface area contributed by atoms with E-state index in [1.807, 2.05) is 6.07 Å². The number of aromatic amines is 1. The van der Waals surface area contributed by atoms with E-state index in [4.69, 9.17) is 12.2 Å². The summed E-state index contributed by atoms with van der Waals surface area (Å²) >= 11 is 8.74. The summed E-state index contributed by atoms with van der Waals surface area (Å²) in [7, 11) is 0. The van der Waals surface area contributed by atoms with Gasteiger partial charge in [0.2, 0.25) is 0 Å². The minimum absolute atomic E-state index is 0.239. The second-order valence-corrected chi connectivity index (χ2v) is 6.42. The Morgan fingerprint density at radius 2 is 2.10 bits per heavy atom. The van der Waals surface area contributed by atoms with Gasteiger partial charge in [-0.15, -0.1) is 0 Å². The second kappa shape index (κ2) is 6.14. The highest BCUT2D eigenvalue weighted by Gasteiger charge is 2.10. The molecule has 0 fully saturated rings. The maximum Gasteiger partial charge on any atom is 0.144 e. The Balaban J connectivity index is 2.54. The zero-order valence-corrected chi connectivity index (χ0v) is 14.0. The fraction of sp³-hybridized carbons (Fsp3) is 0.333. The van der Waals surface area contributed by atoms with Gasteiger partial charge in [-0.25, -0.2) is 9.37 Å². The van der Waals surface area contributed by atoms with Crippen molar-refractivity contribution in [3.8, 4) is 11.4 Å². The monoisotopic (exact) mass is 354 g/mol. The second-order valence-electron chi connectivity index (χ2n) is 5.25. The van der Waals surface area contributed by atoms with E-state index in [9.17, 15) is 4.39 Å². The molecule has 20 heavy (non-hydrogen) atoms. The number of rotatable bonds is 3. The number of H-pyrrole nitrogens is 1. The van der Waals surface area contributed by atoms with E-state index in [0.29, 0.717) is 27.5 Å². The normalized spacial score (nSPS) is 11.1. The van der Waals surface area contributed by atoms with Gasteiger partial charge < -0.3 is 4.98 Å². The van der Waals surface area contributed by atoms with Gasteiger partial charge in [-0.05, 0) is 46.8 Å². The van der Waals surface area contributed by atoms with Crippen LogP contribution in [-0.4, -0.2) is 9.97 Å². The third-order valence-corrected chi connectivity index (χ3v) is 4.41. The number of halogens is 2. The molecular formula is C15H16BrFN2S. The predicted molar refractivity (Wildman–Crippen MR) is 85.8 cm³/mol. The fourth-order valence-corrected chi connectivity index (χ4v) is 2.50. The zero-order valence-electron chi connectivity index (χ0n) is 11.6. The molecule has 0 unspecified atom stereocenters. The lowest BCUT2D eigenvalue weighted by molar-refractivity contribution is 0.618. The van der Waals surface area contributed by atoms with Crippen LogP contribution >= 0.6 is 28.1 Å². The number of hydrogen-bond donors (Lipinski definition) is 1. The Kier molecular flexibility index (Phi) is 4.70. The molecule has 5 heteroatoms. The summed E-state index contributed by atoms with van der Waals surface area (Å²) in [5.74, 6) is 0.853. The van der Waals surface area contributed by atoms with Gasteiger partial charge >= 0.3 is 0 Å². The molecule has 2 aromatic rings. The quantitative estimate of drug-likeness (QED) is 0.765. The highest BCUT2D eigenvalue weighted by molar-refractivity contribution is 9.10. The SMILES string of the molecule is Cc1ccc(-c2nc(=S)c(Br)c(CC(C)C)[nH]2)cc1F. The van der Waals surface area contributed by atoms with Gasteiger partial charge in [-0.1, -0.05) is 38.2 Å². The standard InChI is InChI=1S/C15H16BrFN2S/c1-8(2)6-12-13(16)15(20)19-14(18-12)10-5-4-9(3)11(17)7-10/h4-5,7-8H,6H2,1-3H3,(H,18,19,20). The fourth-order valence-electron chi connectivity index (χ4n) is 1.93. The molecule has 2 rings (SSSR count). The molecule has 1 heterocycles. The zero-order chi connectivity index (χ0) is 14.9. The van der Waals surface area contributed by atoms with Gasteiger partial charge in [0, 0.05) is 11.3 Å². The van der Waals surface area contributed by atoms with E-state index in [-0.39, 0.29) is 5.82 Å². The van der Waals surface area contributed by atoms with Crippen molar-refractivity contribution in [1.82, 2.24) is 9.97 Å². The molecule has 0 atom stereocenters. The first-order valence-corrected chi connectivity index (χ1v) is 7.64. The summed E-state index contributed by atoms with van der Waals surface area (Å²) in [6, 6.07) is 5.07. The van der Waals surface area contributed by atoms with Crippen LogP contribution in [0.1, 0.15) is 25.1 Å². The lowest BCUT2D eigenvalue weighted by Gasteiger charge is -2.11. The van der Waals surface area contributed by atoms with Crippen LogP contribution in [0.15, 0.2) is 22.7 Å². The van der Waals surface area contributed by atoms with E-state index >= 15 is 0 Å². The number of benzene rings is 1. The molecule has 0 amide bonds. The lowest BCUT2D eigenvalue weighted by atomic mass is 10.1. The first-order chi connectivity index (χ1) is 9.38. The van der Waals surface area contributed by atoms with Crippen molar-refractivity contribution in [1.29, 1.82) is 0 Å². The van der Waals surface area contributed by atoms with Crippen LogP contribution in [0.4, 0.5) is 4.39 Å². The van der Waals surface area contributed by atoms with Crippen molar-refractivity contribution in [2.75, 3.05) is 0 Å². The topological polar surface area (TPSA) is 28.7 Å². The van der Waals surface area contributed by atoms with Gasteiger partial charge in [0.1, 0.15) is 16.3 Å². The van der Waals surface area contributed by atoms with E-state index in [0.717, 1.165) is 16.6 Å². The van der Waals surface area contributed by atoms with Crippen LogP contribution < -0.4 is 0 Å². The molecule has 106 valence electrons. The molecule has 1 N–H and O–H groups in total. The molecule has 1 aromatic heterocycles. The van der Waals surface area contributed by atoms with Gasteiger partial charge in [-0.3, -0.25) is 0 Å². The Morgan fingerprint density at radius 1 is 1.40 bits per heavy atom. The highest BCUT2D eigenvalue weighted by atomic mass is 79.9. The van der Waals surface area contributed by atoms with E-state index < -0.39 is 0 Å². The van der Waals surface area contributed by atoms with Crippen molar-refractivity contribution in [3.05, 3.63) is 44.4 Å². The number of aromatic nitrogens is 2. The van der Waals surface area contributed by atoms with E-state index in [2.05, 4.69) is 39.7 Å². The Morgan fingerprint density at radius 3 is 2.70 bits per heavy atom. The first-order valence-electron chi connectivity index (χ1n) is 6.43. The molecule has 0 saturated carbocycles. The molecule has 0 aliphatic carbocycles. The predicted octanol–water partition coefficient (Wildman–Crippen LogP) is 5.21. The minimum atomic E-state index is -0.239. The molecule has 0 saturated heterocycles. The number of aryl methyl sites for hydroxylation is 1. The maximum atomic E-state index is 13.7. The van der Waals surface area contributed by atoms with E-state index in [1.165, 1.54) is 6.07 Å². The Bertz CT molecular complexity index is 695. The first kappa shape index (κ1) is 15.3. The molecule has 1 aromatic carbocycles. The van der Waals surface area contributed by atoms with Crippen molar-refractivity contribution < 1.29 is 4.39 Å². The van der Waals surface area contributed by atoms with Crippen LogP contribution in [0.3, 0.4) is 0 Å². The van der Waals surface area contributed by atoms with Gasteiger partial charge in [-0.2, -0.15) is 0 Å². The van der Waals surface area contributed by atoms with E-state index in [1.54, 1.807) is 13.0 Å². The Hall–Kier alpha value is -1.07. The van der Waals surface area contributed by atoms with Crippen LogP contribution in [-0.2, 0) is 6.42 Å². The minimum Gasteiger partial charge on any atom is -0.342 e. The summed E-state index contributed by atoms with van der Waals surface area (Å²) in [5, 5.41) is 0. The molecule has 0 radical (unpaired) electrons. The third-order valence-electron chi connectivity index (χ3n) is 2.99. The van der Waals surface area contributed by atoms with Crippen LogP contribution in [0.2, 0.25) is 0 Å². The molecular weight excluding hydrogens is 339 g/mol. The van der Waals surface area contributed by atoms with Crippen LogP contribution in [0.25, 0.3) is 11.4 Å². The number of nitrogens with one attached hydrogen (secondary N) is 1. The van der Waals surface area contributed by atoms with Crippen LogP contribution in [0.5, 0.6) is 0 Å². The van der Waals surface area contributed by atoms with Gasteiger partial charge in [0.05, 0.1) is 4.47 Å². The lowest BCUT2D eigenvalue weighted by Crippen LogP contribution is -2.03. The van der Waals surface area contributed by atoms with Crippen molar-refractivity contribution in [2.45, 2.75) is 27.2 Å². The maximum absolute atomic E-state index is 13.7. The summed E-state index contributed by atoms with van der Waals surface area (Å²) in [4.78, 5) is 7.58. The van der Waals surface area contributed by atoms with Crippen molar-refractivity contribution in [2.24, 2.45) is 5.92 Å². The number of nitrogens with zero attached hydrogens (tertiary/aromatic N) is 1. The average Bonchev–Trinajstić information content (AvgIpc) is 2.37. The average molecular weight is 355 g/mol. The third kappa shape index (κ3) is 3.33.